The summed E-state index contributed by atoms with van der Waals surface area (Å²) in [6.45, 7) is 4.16. The summed E-state index contributed by atoms with van der Waals surface area (Å²) in [5, 5.41) is 0. The van der Waals surface area contributed by atoms with E-state index in [4.69, 9.17) is 9.47 Å². The number of rotatable bonds is 3. The predicted octanol–water partition coefficient (Wildman–Crippen LogP) is 3.57. The van der Waals surface area contributed by atoms with Gasteiger partial charge in [0.2, 0.25) is 0 Å². The molecule has 0 fully saturated rings. The van der Waals surface area contributed by atoms with E-state index in [1.54, 1.807) is 14.2 Å². The SMILES string of the molecule is COc1ccc(-n2c(C)cc3c2C[C@H](C)CC3=O)cc1OC. The number of ether oxygens (including phenoxy) is 2. The van der Waals surface area contributed by atoms with E-state index in [0.29, 0.717) is 23.8 Å². The van der Waals surface area contributed by atoms with E-state index in [9.17, 15) is 4.79 Å². The predicted molar refractivity (Wildman–Crippen MR) is 85.4 cm³/mol. The Morgan fingerprint density at radius 1 is 1.09 bits per heavy atom. The van der Waals surface area contributed by atoms with Gasteiger partial charge in [-0.05, 0) is 37.5 Å². The number of aryl methyl sites for hydroxylation is 1. The molecule has 1 aliphatic carbocycles. The third-order valence-corrected chi connectivity index (χ3v) is 4.29. The highest BCUT2D eigenvalue weighted by Gasteiger charge is 2.27. The maximum Gasteiger partial charge on any atom is 0.164 e. The average molecular weight is 299 g/mol. The zero-order chi connectivity index (χ0) is 15.9. The molecule has 2 aromatic rings. The lowest BCUT2D eigenvalue weighted by molar-refractivity contribution is 0.0952. The maximum absolute atomic E-state index is 12.3. The van der Waals surface area contributed by atoms with Crippen molar-refractivity contribution in [1.29, 1.82) is 0 Å². The van der Waals surface area contributed by atoms with Crippen LogP contribution in [0.4, 0.5) is 0 Å². The molecule has 0 radical (unpaired) electrons. The van der Waals surface area contributed by atoms with Crippen LogP contribution in [0.25, 0.3) is 5.69 Å². The molecule has 1 aromatic heterocycles. The lowest BCUT2D eigenvalue weighted by Gasteiger charge is -2.21. The molecule has 116 valence electrons. The van der Waals surface area contributed by atoms with Gasteiger partial charge in [-0.2, -0.15) is 0 Å². The monoisotopic (exact) mass is 299 g/mol. The van der Waals surface area contributed by atoms with Crippen molar-refractivity contribution < 1.29 is 14.3 Å². The Hall–Kier alpha value is -2.23. The quantitative estimate of drug-likeness (QED) is 0.870. The summed E-state index contributed by atoms with van der Waals surface area (Å²) < 4.78 is 12.9. The first-order chi connectivity index (χ1) is 10.5. The summed E-state index contributed by atoms with van der Waals surface area (Å²) >= 11 is 0. The highest BCUT2D eigenvalue weighted by molar-refractivity contribution is 5.99. The molecular formula is C18H21NO3. The number of benzene rings is 1. The third kappa shape index (κ3) is 2.28. The molecule has 0 unspecified atom stereocenters. The van der Waals surface area contributed by atoms with Crippen molar-refractivity contribution in [2.24, 2.45) is 5.92 Å². The largest absolute Gasteiger partial charge is 0.493 e. The van der Waals surface area contributed by atoms with Gasteiger partial charge >= 0.3 is 0 Å². The second kappa shape index (κ2) is 5.52. The van der Waals surface area contributed by atoms with Crippen LogP contribution in [0, 0.1) is 12.8 Å². The molecule has 0 saturated carbocycles. The molecule has 0 spiro atoms. The molecule has 0 N–H and O–H groups in total. The molecule has 0 bridgehead atoms. The van der Waals surface area contributed by atoms with E-state index < -0.39 is 0 Å². The van der Waals surface area contributed by atoms with Crippen LogP contribution < -0.4 is 9.47 Å². The van der Waals surface area contributed by atoms with Gasteiger partial charge < -0.3 is 14.0 Å². The van der Waals surface area contributed by atoms with E-state index in [1.807, 2.05) is 31.2 Å². The molecule has 0 amide bonds. The van der Waals surface area contributed by atoms with Crippen molar-refractivity contribution in [1.82, 2.24) is 4.57 Å². The summed E-state index contributed by atoms with van der Waals surface area (Å²) in [5.74, 6) is 2.02. The standard InChI is InChI=1S/C18H21NO3/c1-11-7-15-14(16(20)8-11)9-12(2)19(15)13-5-6-17(21-3)18(10-13)22-4/h5-6,9-11H,7-8H2,1-4H3/t11-/m0/s1. The van der Waals surface area contributed by atoms with Gasteiger partial charge in [0, 0.05) is 35.1 Å². The molecule has 0 saturated heterocycles. The van der Waals surface area contributed by atoms with Gasteiger partial charge in [-0.1, -0.05) is 6.92 Å². The maximum atomic E-state index is 12.3. The first-order valence-corrected chi connectivity index (χ1v) is 7.52. The third-order valence-electron chi connectivity index (χ3n) is 4.29. The van der Waals surface area contributed by atoms with Crippen molar-refractivity contribution in [2.75, 3.05) is 14.2 Å². The Kier molecular flexibility index (Phi) is 3.69. The number of carbonyl (C=O) groups is 1. The molecule has 4 nitrogen and oxygen atoms in total. The van der Waals surface area contributed by atoms with Crippen LogP contribution >= 0.6 is 0 Å². The van der Waals surface area contributed by atoms with E-state index in [2.05, 4.69) is 11.5 Å². The highest BCUT2D eigenvalue weighted by atomic mass is 16.5. The lowest BCUT2D eigenvalue weighted by atomic mass is 9.88. The molecule has 1 heterocycles. The summed E-state index contributed by atoms with van der Waals surface area (Å²) in [5.41, 5.74) is 4.04. The fourth-order valence-corrected chi connectivity index (χ4v) is 3.28. The molecule has 22 heavy (non-hydrogen) atoms. The second-order valence-corrected chi connectivity index (χ2v) is 5.96. The lowest BCUT2D eigenvalue weighted by Crippen LogP contribution is -2.19. The Balaban J connectivity index is 2.15. The average Bonchev–Trinajstić information content (AvgIpc) is 2.83. The highest BCUT2D eigenvalue weighted by Crippen LogP contribution is 2.34. The van der Waals surface area contributed by atoms with Gasteiger partial charge in [-0.3, -0.25) is 4.79 Å². The minimum Gasteiger partial charge on any atom is -0.493 e. The number of methoxy groups -OCH3 is 2. The number of ketones is 1. The van der Waals surface area contributed by atoms with Crippen LogP contribution in [0.2, 0.25) is 0 Å². The second-order valence-electron chi connectivity index (χ2n) is 5.96. The van der Waals surface area contributed by atoms with E-state index in [-0.39, 0.29) is 5.78 Å². The molecule has 1 aliphatic rings. The van der Waals surface area contributed by atoms with Crippen LogP contribution in [-0.2, 0) is 6.42 Å². The minimum atomic E-state index is 0.246. The summed E-state index contributed by atoms with van der Waals surface area (Å²) in [6.07, 6.45) is 1.56. The number of carbonyl (C=O) groups excluding carboxylic acids is 1. The van der Waals surface area contributed by atoms with Crippen LogP contribution in [-0.4, -0.2) is 24.6 Å². The fraction of sp³-hybridized carbons (Fsp3) is 0.389. The van der Waals surface area contributed by atoms with Crippen molar-refractivity contribution in [3.63, 3.8) is 0 Å². The fourth-order valence-electron chi connectivity index (χ4n) is 3.28. The number of aromatic nitrogens is 1. The van der Waals surface area contributed by atoms with Crippen molar-refractivity contribution in [3.8, 4) is 17.2 Å². The zero-order valence-electron chi connectivity index (χ0n) is 13.5. The van der Waals surface area contributed by atoms with E-state index >= 15 is 0 Å². The van der Waals surface area contributed by atoms with Gasteiger partial charge in [0.1, 0.15) is 0 Å². The van der Waals surface area contributed by atoms with E-state index in [0.717, 1.165) is 29.1 Å². The smallest absolute Gasteiger partial charge is 0.164 e. The molecule has 0 aliphatic heterocycles. The molecular weight excluding hydrogens is 278 g/mol. The summed E-state index contributed by atoms with van der Waals surface area (Å²) in [7, 11) is 3.26. The van der Waals surface area contributed by atoms with Gasteiger partial charge in [0.25, 0.3) is 0 Å². The number of fused-ring (bicyclic) bond motifs is 1. The van der Waals surface area contributed by atoms with Gasteiger partial charge in [0.15, 0.2) is 17.3 Å². The van der Waals surface area contributed by atoms with Crippen molar-refractivity contribution in [2.45, 2.75) is 26.7 Å². The molecule has 4 heteroatoms. The zero-order valence-corrected chi connectivity index (χ0v) is 13.5. The minimum absolute atomic E-state index is 0.246. The van der Waals surface area contributed by atoms with Crippen molar-refractivity contribution >= 4 is 5.78 Å². The van der Waals surface area contributed by atoms with Crippen LogP contribution in [0.1, 0.15) is 35.1 Å². The van der Waals surface area contributed by atoms with Crippen LogP contribution in [0.15, 0.2) is 24.3 Å². The Bertz CT molecular complexity index is 730. The van der Waals surface area contributed by atoms with Crippen LogP contribution in [0.3, 0.4) is 0 Å². The Morgan fingerprint density at radius 3 is 2.50 bits per heavy atom. The molecule has 1 aromatic carbocycles. The molecule has 3 rings (SSSR count). The van der Waals surface area contributed by atoms with Gasteiger partial charge in [-0.25, -0.2) is 0 Å². The summed E-state index contributed by atoms with van der Waals surface area (Å²) in [4.78, 5) is 12.3. The van der Waals surface area contributed by atoms with Gasteiger partial charge in [0.05, 0.1) is 14.2 Å². The first kappa shape index (κ1) is 14.7. The van der Waals surface area contributed by atoms with Crippen molar-refractivity contribution in [3.05, 3.63) is 41.2 Å². The van der Waals surface area contributed by atoms with E-state index in [1.165, 1.54) is 0 Å². The Morgan fingerprint density at radius 2 is 1.82 bits per heavy atom. The number of hydrogen-bond acceptors (Lipinski definition) is 3. The number of nitrogens with zero attached hydrogens (tertiary/aromatic N) is 1. The molecule has 1 atom stereocenters. The Labute approximate surface area is 130 Å². The van der Waals surface area contributed by atoms with Crippen LogP contribution in [0.5, 0.6) is 11.5 Å². The number of hydrogen-bond donors (Lipinski definition) is 0. The summed E-state index contributed by atoms with van der Waals surface area (Å²) in [6, 6.07) is 7.85. The normalized spacial score (nSPS) is 17.3. The van der Waals surface area contributed by atoms with Gasteiger partial charge in [-0.15, -0.1) is 0 Å². The first-order valence-electron chi connectivity index (χ1n) is 7.52. The topological polar surface area (TPSA) is 40.5 Å². The number of Topliss-reactive ketones (excluding diaryl/α,β-unsaturated/α-hetero) is 1.